The summed E-state index contributed by atoms with van der Waals surface area (Å²) in [7, 11) is 0. The van der Waals surface area contributed by atoms with Crippen LogP contribution in [0.1, 0.15) is 24.2 Å². The lowest BCUT2D eigenvalue weighted by Gasteiger charge is -2.39. The van der Waals surface area contributed by atoms with Crippen LogP contribution in [0.3, 0.4) is 0 Å². The van der Waals surface area contributed by atoms with E-state index in [-0.39, 0.29) is 12.1 Å². The Labute approximate surface area is 140 Å². The minimum Gasteiger partial charge on any atom is -0.337 e. The topological polar surface area (TPSA) is 90.0 Å². The molecule has 126 valence electrons. The number of H-pyrrole nitrogens is 1. The summed E-state index contributed by atoms with van der Waals surface area (Å²) in [5.74, 6) is 2.18. The average molecular weight is 327 g/mol. The van der Waals surface area contributed by atoms with Crippen molar-refractivity contribution in [1.29, 1.82) is 0 Å². The van der Waals surface area contributed by atoms with E-state index in [1.165, 1.54) is 0 Å². The van der Waals surface area contributed by atoms with Gasteiger partial charge in [0, 0.05) is 48.7 Å². The molecule has 2 aliphatic rings. The average Bonchev–Trinajstić information content (AvgIpc) is 3.06. The Kier molecular flexibility index (Phi) is 3.59. The molecule has 0 radical (unpaired) electrons. The highest BCUT2D eigenvalue weighted by Gasteiger charge is 2.39. The van der Waals surface area contributed by atoms with Crippen LogP contribution in [0.25, 0.3) is 0 Å². The van der Waals surface area contributed by atoms with Gasteiger partial charge in [-0.05, 0) is 26.7 Å². The number of piperazine rings is 1. The predicted molar refractivity (Wildman–Crippen MR) is 90.3 cm³/mol. The maximum Gasteiger partial charge on any atom is 0.227 e. The third kappa shape index (κ3) is 2.68. The van der Waals surface area contributed by atoms with Gasteiger partial charge in [0.2, 0.25) is 12.4 Å². The second-order valence-electron chi connectivity index (χ2n) is 6.60. The first-order valence-corrected chi connectivity index (χ1v) is 8.25. The fraction of sp³-hybridized carbons (Fsp3) is 0.500. The molecule has 4 rings (SSSR count). The number of aryl methyl sites for hydroxylation is 2. The lowest BCUT2D eigenvalue weighted by Crippen LogP contribution is -2.53. The maximum atomic E-state index is 11.2. The molecule has 0 aromatic carbocycles. The monoisotopic (exact) mass is 327 g/mol. The first kappa shape index (κ1) is 14.9. The molecule has 8 nitrogen and oxygen atoms in total. The van der Waals surface area contributed by atoms with Gasteiger partial charge in [-0.3, -0.25) is 9.89 Å². The highest BCUT2D eigenvalue weighted by molar-refractivity contribution is 5.55. The molecule has 2 fully saturated rings. The summed E-state index contributed by atoms with van der Waals surface area (Å²) in [5, 5.41) is 10.3. The molecule has 1 amide bonds. The van der Waals surface area contributed by atoms with Crippen LogP contribution in [-0.2, 0) is 4.79 Å². The van der Waals surface area contributed by atoms with Crippen molar-refractivity contribution in [1.82, 2.24) is 25.1 Å². The van der Waals surface area contributed by atoms with Crippen LogP contribution in [0.15, 0.2) is 12.1 Å². The van der Waals surface area contributed by atoms with E-state index in [4.69, 9.17) is 0 Å². The molecule has 2 N–H and O–H groups in total. The highest BCUT2D eigenvalue weighted by Crippen LogP contribution is 2.30. The van der Waals surface area contributed by atoms with Crippen molar-refractivity contribution in [2.24, 2.45) is 0 Å². The number of hydrogen-bond acceptors (Lipinski definition) is 6. The van der Waals surface area contributed by atoms with Crippen molar-refractivity contribution in [2.75, 3.05) is 23.3 Å². The summed E-state index contributed by atoms with van der Waals surface area (Å²) < 4.78 is 0. The number of nitrogens with zero attached hydrogens (tertiary/aromatic N) is 5. The van der Waals surface area contributed by atoms with Gasteiger partial charge in [0.05, 0.1) is 0 Å². The van der Waals surface area contributed by atoms with Gasteiger partial charge in [0.15, 0.2) is 5.82 Å². The van der Waals surface area contributed by atoms with Gasteiger partial charge < -0.3 is 15.1 Å². The smallest absolute Gasteiger partial charge is 0.227 e. The number of hydrogen-bond donors (Lipinski definition) is 2. The van der Waals surface area contributed by atoms with Crippen molar-refractivity contribution < 1.29 is 4.79 Å². The molecule has 2 saturated heterocycles. The van der Waals surface area contributed by atoms with Crippen molar-refractivity contribution in [3.05, 3.63) is 23.5 Å². The van der Waals surface area contributed by atoms with E-state index in [9.17, 15) is 4.79 Å². The number of amides is 1. The minimum atomic E-state index is 0.274. The van der Waals surface area contributed by atoms with E-state index in [0.29, 0.717) is 5.95 Å². The Hall–Kier alpha value is -2.64. The van der Waals surface area contributed by atoms with E-state index >= 15 is 0 Å². The fourth-order valence-corrected chi connectivity index (χ4v) is 3.64. The molecule has 4 heterocycles. The molecule has 2 aromatic heterocycles. The molecular weight excluding hydrogens is 306 g/mol. The van der Waals surface area contributed by atoms with Crippen LogP contribution in [0.4, 0.5) is 17.6 Å². The van der Waals surface area contributed by atoms with E-state index in [2.05, 4.69) is 30.4 Å². The van der Waals surface area contributed by atoms with Gasteiger partial charge in [-0.2, -0.15) is 10.1 Å². The minimum absolute atomic E-state index is 0.274. The van der Waals surface area contributed by atoms with Crippen LogP contribution in [0.5, 0.6) is 0 Å². The molecule has 0 spiro atoms. The Morgan fingerprint density at radius 1 is 1.17 bits per heavy atom. The lowest BCUT2D eigenvalue weighted by molar-refractivity contribution is -0.121. The zero-order valence-electron chi connectivity index (χ0n) is 13.9. The SMILES string of the molecule is Cc1cc(Nc2cc(C)[nH]n2)nc(N2CC3CCC(C2)N3C=O)n1. The fourth-order valence-electron chi connectivity index (χ4n) is 3.64. The Morgan fingerprint density at radius 2 is 1.92 bits per heavy atom. The largest absolute Gasteiger partial charge is 0.337 e. The molecule has 8 heteroatoms. The molecule has 2 bridgehead atoms. The molecular formula is C16H21N7O. The number of anilines is 3. The van der Waals surface area contributed by atoms with E-state index in [1.54, 1.807) is 0 Å². The number of aromatic nitrogens is 4. The standard InChI is InChI=1S/C16H21N7O/c1-10-5-14(18-15-6-11(2)20-21-15)19-16(17-10)22-7-12-3-4-13(8-22)23(12)9-24/h5-6,9,12-13H,3-4,7-8H2,1-2H3,(H2,17,18,19,20,21). The number of fused-ring (bicyclic) bond motifs is 2. The molecule has 24 heavy (non-hydrogen) atoms. The van der Waals surface area contributed by atoms with Gasteiger partial charge in [-0.1, -0.05) is 0 Å². The van der Waals surface area contributed by atoms with Gasteiger partial charge in [-0.15, -0.1) is 0 Å². The summed E-state index contributed by atoms with van der Waals surface area (Å²) in [6, 6.07) is 4.38. The first-order valence-electron chi connectivity index (χ1n) is 8.25. The summed E-state index contributed by atoms with van der Waals surface area (Å²) >= 11 is 0. The molecule has 2 unspecified atom stereocenters. The van der Waals surface area contributed by atoms with Crippen molar-refractivity contribution in [3.8, 4) is 0 Å². The number of aromatic amines is 1. The zero-order chi connectivity index (χ0) is 16.7. The Morgan fingerprint density at radius 3 is 2.54 bits per heavy atom. The van der Waals surface area contributed by atoms with Crippen molar-refractivity contribution in [2.45, 2.75) is 38.8 Å². The quantitative estimate of drug-likeness (QED) is 0.824. The van der Waals surface area contributed by atoms with Crippen molar-refractivity contribution >= 4 is 24.0 Å². The van der Waals surface area contributed by atoms with E-state index in [0.717, 1.165) is 55.4 Å². The van der Waals surface area contributed by atoms with Crippen LogP contribution in [0.2, 0.25) is 0 Å². The third-order valence-electron chi connectivity index (χ3n) is 4.75. The Bertz CT molecular complexity index is 745. The molecule has 2 atom stereocenters. The first-order chi connectivity index (χ1) is 11.6. The highest BCUT2D eigenvalue weighted by atomic mass is 16.1. The molecule has 0 aliphatic carbocycles. The Balaban J connectivity index is 1.56. The second kappa shape index (κ2) is 5.77. The molecule has 2 aliphatic heterocycles. The van der Waals surface area contributed by atoms with Crippen LogP contribution < -0.4 is 10.2 Å². The number of rotatable bonds is 4. The van der Waals surface area contributed by atoms with E-state index in [1.807, 2.05) is 30.9 Å². The number of nitrogens with one attached hydrogen (secondary N) is 2. The second-order valence-corrected chi connectivity index (χ2v) is 6.60. The third-order valence-corrected chi connectivity index (χ3v) is 4.75. The normalized spacial score (nSPS) is 22.8. The van der Waals surface area contributed by atoms with Crippen molar-refractivity contribution in [3.63, 3.8) is 0 Å². The van der Waals surface area contributed by atoms with Gasteiger partial charge >= 0.3 is 0 Å². The van der Waals surface area contributed by atoms with Crippen LogP contribution >= 0.6 is 0 Å². The van der Waals surface area contributed by atoms with Gasteiger partial charge in [0.25, 0.3) is 0 Å². The van der Waals surface area contributed by atoms with Crippen LogP contribution in [0, 0.1) is 13.8 Å². The predicted octanol–water partition coefficient (Wildman–Crippen LogP) is 1.37. The number of carbonyl (C=O) groups is 1. The zero-order valence-corrected chi connectivity index (χ0v) is 13.9. The lowest BCUT2D eigenvalue weighted by atomic mass is 10.2. The molecule has 2 aromatic rings. The van der Waals surface area contributed by atoms with Gasteiger partial charge in [0.1, 0.15) is 5.82 Å². The van der Waals surface area contributed by atoms with E-state index < -0.39 is 0 Å². The molecule has 0 saturated carbocycles. The van der Waals surface area contributed by atoms with Crippen LogP contribution in [-0.4, -0.2) is 56.6 Å². The summed E-state index contributed by atoms with van der Waals surface area (Å²) in [6.07, 6.45) is 3.11. The maximum absolute atomic E-state index is 11.2. The van der Waals surface area contributed by atoms with Gasteiger partial charge in [-0.25, -0.2) is 4.98 Å². The summed E-state index contributed by atoms with van der Waals surface area (Å²) in [5.41, 5.74) is 1.89. The number of carbonyl (C=O) groups excluding carboxylic acids is 1. The summed E-state index contributed by atoms with van der Waals surface area (Å²) in [4.78, 5) is 24.6. The summed E-state index contributed by atoms with van der Waals surface area (Å²) in [6.45, 7) is 5.50.